The van der Waals surface area contributed by atoms with Gasteiger partial charge >= 0.3 is 0 Å². The van der Waals surface area contributed by atoms with Crippen molar-refractivity contribution >= 4 is 11.8 Å². The first-order valence-electron chi connectivity index (χ1n) is 6.04. The molecule has 0 radical (unpaired) electrons. The lowest BCUT2D eigenvalue weighted by Crippen LogP contribution is -2.14. The molecule has 0 amide bonds. The molecular weight excluding hydrogens is 218 g/mol. The number of rotatable bonds is 2. The highest BCUT2D eigenvalue weighted by molar-refractivity contribution is 7.98. The highest BCUT2D eigenvalue weighted by Crippen LogP contribution is 2.23. The zero-order valence-corrected chi connectivity index (χ0v) is 10.2. The van der Waals surface area contributed by atoms with Gasteiger partial charge in [0.25, 0.3) is 0 Å². The summed E-state index contributed by atoms with van der Waals surface area (Å²) < 4.78 is 0. The van der Waals surface area contributed by atoms with E-state index in [0.717, 1.165) is 43.4 Å². The van der Waals surface area contributed by atoms with E-state index in [1.807, 2.05) is 18.0 Å². The predicted molar refractivity (Wildman–Crippen MR) is 66.6 cm³/mol. The van der Waals surface area contributed by atoms with Crippen molar-refractivity contribution in [2.24, 2.45) is 5.92 Å². The number of fused-ring (bicyclic) bond motifs is 1. The molecule has 0 aliphatic carbocycles. The molecule has 1 aromatic rings. The van der Waals surface area contributed by atoms with E-state index in [4.69, 9.17) is 4.98 Å². The molecule has 3 heterocycles. The minimum atomic E-state index is 0.746. The van der Waals surface area contributed by atoms with Crippen LogP contribution in [0.25, 0.3) is 0 Å². The van der Waals surface area contributed by atoms with Crippen molar-refractivity contribution in [2.75, 3.05) is 18.8 Å². The van der Waals surface area contributed by atoms with E-state index in [1.54, 1.807) is 0 Å². The van der Waals surface area contributed by atoms with Crippen LogP contribution in [-0.2, 0) is 18.6 Å². The minimum Gasteiger partial charge on any atom is -0.316 e. The van der Waals surface area contributed by atoms with Crippen LogP contribution in [0.15, 0.2) is 6.20 Å². The average molecular weight is 235 g/mol. The van der Waals surface area contributed by atoms with Crippen molar-refractivity contribution in [1.82, 2.24) is 15.3 Å². The number of thioether (sulfide) groups is 1. The topological polar surface area (TPSA) is 37.8 Å². The Hall–Kier alpha value is -0.610. The van der Waals surface area contributed by atoms with Crippen molar-refractivity contribution in [2.45, 2.75) is 25.0 Å². The van der Waals surface area contributed by atoms with Crippen LogP contribution in [0.4, 0.5) is 0 Å². The smallest absolute Gasteiger partial charge is 0.128 e. The molecule has 0 saturated carbocycles. The maximum absolute atomic E-state index is 4.72. The normalized spacial score (nSPS) is 24.4. The van der Waals surface area contributed by atoms with Crippen LogP contribution in [-0.4, -0.2) is 28.8 Å². The molecule has 1 aromatic heterocycles. The summed E-state index contributed by atoms with van der Waals surface area (Å²) in [6, 6.07) is 0. The first-order chi connectivity index (χ1) is 7.92. The molecule has 3 nitrogen and oxygen atoms in total. The third-order valence-corrected chi connectivity index (χ3v) is 4.39. The fourth-order valence-corrected chi connectivity index (χ4v) is 3.36. The number of aryl methyl sites for hydroxylation is 1. The highest BCUT2D eigenvalue weighted by Gasteiger charge is 2.18. The molecule has 1 N–H and O–H groups in total. The van der Waals surface area contributed by atoms with Gasteiger partial charge in [-0.2, -0.15) is 11.8 Å². The summed E-state index contributed by atoms with van der Waals surface area (Å²) >= 11 is 1.99. The summed E-state index contributed by atoms with van der Waals surface area (Å²) in [6.45, 7) is 2.29. The largest absolute Gasteiger partial charge is 0.316 e. The first kappa shape index (κ1) is 10.5. The molecule has 1 fully saturated rings. The van der Waals surface area contributed by atoms with Gasteiger partial charge in [0.1, 0.15) is 5.82 Å². The van der Waals surface area contributed by atoms with Crippen LogP contribution in [0.2, 0.25) is 0 Å². The molecule has 3 rings (SSSR count). The Bertz CT molecular complexity index is 375. The Morgan fingerprint density at radius 3 is 3.38 bits per heavy atom. The van der Waals surface area contributed by atoms with Crippen molar-refractivity contribution < 1.29 is 0 Å². The van der Waals surface area contributed by atoms with E-state index in [0.29, 0.717) is 0 Å². The second-order valence-electron chi connectivity index (χ2n) is 4.62. The Morgan fingerprint density at radius 1 is 1.50 bits per heavy atom. The summed E-state index contributed by atoms with van der Waals surface area (Å²) in [7, 11) is 0. The van der Waals surface area contributed by atoms with Gasteiger partial charge in [0.2, 0.25) is 0 Å². The van der Waals surface area contributed by atoms with Gasteiger partial charge in [0, 0.05) is 29.6 Å². The van der Waals surface area contributed by atoms with Gasteiger partial charge in [-0.25, -0.2) is 9.97 Å². The van der Waals surface area contributed by atoms with Crippen LogP contribution in [0.5, 0.6) is 0 Å². The molecule has 2 aliphatic heterocycles. The number of nitrogens with zero attached hydrogens (tertiary/aromatic N) is 2. The molecule has 1 saturated heterocycles. The Morgan fingerprint density at radius 2 is 2.50 bits per heavy atom. The van der Waals surface area contributed by atoms with Crippen LogP contribution in [0.3, 0.4) is 0 Å². The van der Waals surface area contributed by atoms with Crippen molar-refractivity contribution in [1.29, 1.82) is 0 Å². The average Bonchev–Trinajstić information content (AvgIpc) is 2.82. The predicted octanol–water partition coefficient (Wildman–Crippen LogP) is 1.42. The summed E-state index contributed by atoms with van der Waals surface area (Å²) in [5, 5.41) is 3.40. The fourth-order valence-electron chi connectivity index (χ4n) is 2.42. The Balaban J connectivity index is 1.74. The second kappa shape index (κ2) is 4.72. The molecule has 16 heavy (non-hydrogen) atoms. The molecule has 0 spiro atoms. The number of hydrogen-bond acceptors (Lipinski definition) is 4. The maximum Gasteiger partial charge on any atom is 0.128 e. The molecule has 2 aliphatic rings. The lowest BCUT2D eigenvalue weighted by molar-refractivity contribution is 0.559. The van der Waals surface area contributed by atoms with Crippen molar-refractivity contribution in [3.8, 4) is 0 Å². The zero-order valence-electron chi connectivity index (χ0n) is 9.41. The summed E-state index contributed by atoms with van der Waals surface area (Å²) in [6.07, 6.45) is 5.49. The molecule has 4 heteroatoms. The lowest BCUT2D eigenvalue weighted by Gasteiger charge is -2.15. The third kappa shape index (κ3) is 2.23. The van der Waals surface area contributed by atoms with Gasteiger partial charge < -0.3 is 5.32 Å². The molecular formula is C12H17N3S. The molecule has 0 bridgehead atoms. The zero-order chi connectivity index (χ0) is 10.8. The molecule has 86 valence electrons. The fraction of sp³-hybridized carbons (Fsp3) is 0.667. The second-order valence-corrected chi connectivity index (χ2v) is 5.73. The van der Waals surface area contributed by atoms with Crippen LogP contribution >= 0.6 is 11.8 Å². The summed E-state index contributed by atoms with van der Waals surface area (Å²) in [4.78, 5) is 9.23. The summed E-state index contributed by atoms with van der Waals surface area (Å²) in [5.74, 6) is 4.12. The minimum absolute atomic E-state index is 0.746. The monoisotopic (exact) mass is 235 g/mol. The van der Waals surface area contributed by atoms with Crippen LogP contribution < -0.4 is 5.32 Å². The van der Waals surface area contributed by atoms with E-state index in [9.17, 15) is 0 Å². The van der Waals surface area contributed by atoms with Gasteiger partial charge in [-0.1, -0.05) is 0 Å². The summed E-state index contributed by atoms with van der Waals surface area (Å²) in [5.41, 5.74) is 2.65. The van der Waals surface area contributed by atoms with Gasteiger partial charge in [-0.3, -0.25) is 0 Å². The number of nitrogens with one attached hydrogen (secondary N) is 1. The number of hydrogen-bond donors (Lipinski definition) is 1. The van der Waals surface area contributed by atoms with Crippen molar-refractivity contribution in [3.63, 3.8) is 0 Å². The van der Waals surface area contributed by atoms with Crippen LogP contribution in [0, 0.1) is 5.92 Å². The molecule has 1 unspecified atom stereocenters. The first-order valence-corrected chi connectivity index (χ1v) is 7.19. The van der Waals surface area contributed by atoms with Crippen molar-refractivity contribution in [3.05, 3.63) is 23.3 Å². The van der Waals surface area contributed by atoms with Gasteiger partial charge in [-0.15, -0.1) is 0 Å². The Labute approximate surface area is 100 Å². The SMILES string of the molecule is c1nc(CC2CCNC2)nc2c1CSCC2. The standard InChI is InChI=1S/C12H17N3S/c1-3-13-6-9(1)5-12-14-7-10-8-16-4-2-11(10)15-12/h7,9,13H,1-6,8H2. The quantitative estimate of drug-likeness (QED) is 0.841. The van der Waals surface area contributed by atoms with Gasteiger partial charge in [0.15, 0.2) is 0 Å². The Kier molecular flexibility index (Phi) is 3.11. The lowest BCUT2D eigenvalue weighted by atomic mass is 10.0. The van der Waals surface area contributed by atoms with E-state index in [1.165, 1.54) is 23.4 Å². The highest BCUT2D eigenvalue weighted by atomic mass is 32.2. The van der Waals surface area contributed by atoms with Crippen LogP contribution in [0.1, 0.15) is 23.5 Å². The molecule has 1 atom stereocenters. The third-order valence-electron chi connectivity index (χ3n) is 3.38. The number of aromatic nitrogens is 2. The van der Waals surface area contributed by atoms with Gasteiger partial charge in [-0.05, 0) is 37.6 Å². The molecule has 0 aromatic carbocycles. The van der Waals surface area contributed by atoms with E-state index >= 15 is 0 Å². The maximum atomic E-state index is 4.72. The van der Waals surface area contributed by atoms with E-state index in [2.05, 4.69) is 10.3 Å². The van der Waals surface area contributed by atoms with E-state index in [-0.39, 0.29) is 0 Å². The van der Waals surface area contributed by atoms with E-state index < -0.39 is 0 Å². The van der Waals surface area contributed by atoms with Gasteiger partial charge in [0.05, 0.1) is 0 Å².